The van der Waals surface area contributed by atoms with E-state index >= 15 is 0 Å². The second-order valence-corrected chi connectivity index (χ2v) is 9.55. The molecule has 0 aromatic heterocycles. The molecule has 28 heavy (non-hydrogen) atoms. The molecule has 1 aliphatic heterocycles. The average Bonchev–Trinajstić information content (AvgIpc) is 3.20. The Kier molecular flexibility index (Phi) is 6.49. The Morgan fingerprint density at radius 1 is 1.00 bits per heavy atom. The van der Waals surface area contributed by atoms with Crippen LogP contribution in [0.15, 0.2) is 53.4 Å². The molecule has 2 aromatic rings. The van der Waals surface area contributed by atoms with Crippen molar-refractivity contribution in [3.05, 3.63) is 65.2 Å². The molecule has 0 atom stereocenters. The summed E-state index contributed by atoms with van der Waals surface area (Å²) in [5.41, 5.74) is 2.84. The molecular formula is C21H28N3O3S+. The summed E-state index contributed by atoms with van der Waals surface area (Å²) >= 11 is 0. The molecule has 0 bridgehead atoms. The van der Waals surface area contributed by atoms with Crippen molar-refractivity contribution in [1.82, 2.24) is 9.62 Å². The second kappa shape index (κ2) is 8.86. The lowest BCUT2D eigenvalue weighted by Gasteiger charge is -2.15. The van der Waals surface area contributed by atoms with Crippen molar-refractivity contribution >= 4 is 15.9 Å². The van der Waals surface area contributed by atoms with E-state index in [1.807, 2.05) is 12.1 Å². The number of amides is 1. The molecule has 2 aromatic carbocycles. The van der Waals surface area contributed by atoms with Gasteiger partial charge in [-0.15, -0.1) is 0 Å². The molecule has 1 saturated heterocycles. The molecule has 150 valence electrons. The van der Waals surface area contributed by atoms with E-state index in [0.29, 0.717) is 12.1 Å². The minimum absolute atomic E-state index is 0.174. The third kappa shape index (κ3) is 4.79. The van der Waals surface area contributed by atoms with Crippen molar-refractivity contribution in [3.8, 4) is 0 Å². The lowest BCUT2D eigenvalue weighted by molar-refractivity contribution is -0.901. The zero-order valence-electron chi connectivity index (χ0n) is 16.4. The van der Waals surface area contributed by atoms with Gasteiger partial charge in [-0.25, -0.2) is 12.7 Å². The van der Waals surface area contributed by atoms with Gasteiger partial charge in [0.05, 0.1) is 18.0 Å². The zero-order valence-corrected chi connectivity index (χ0v) is 17.3. The highest BCUT2D eigenvalue weighted by molar-refractivity contribution is 7.89. The summed E-state index contributed by atoms with van der Waals surface area (Å²) in [6, 6.07) is 14.2. The number of hydrogen-bond acceptors (Lipinski definition) is 3. The van der Waals surface area contributed by atoms with Crippen LogP contribution in [0.1, 0.15) is 34.3 Å². The number of likely N-dealkylation sites (tertiary alicyclic amines) is 1. The van der Waals surface area contributed by atoms with Gasteiger partial charge in [0.15, 0.2) is 0 Å². The summed E-state index contributed by atoms with van der Waals surface area (Å²) in [6.45, 7) is 3.87. The van der Waals surface area contributed by atoms with Crippen molar-refractivity contribution in [2.24, 2.45) is 0 Å². The van der Waals surface area contributed by atoms with Gasteiger partial charge in [-0.1, -0.05) is 24.3 Å². The lowest BCUT2D eigenvalue weighted by atomic mass is 10.1. The van der Waals surface area contributed by atoms with E-state index in [4.69, 9.17) is 0 Å². The number of sulfonamides is 1. The Balaban J connectivity index is 1.64. The maximum Gasteiger partial charge on any atom is 0.251 e. The molecule has 2 N–H and O–H groups in total. The molecular weight excluding hydrogens is 374 g/mol. The molecule has 0 aliphatic carbocycles. The Hall–Kier alpha value is -2.22. The fourth-order valence-electron chi connectivity index (χ4n) is 3.49. The summed E-state index contributed by atoms with van der Waals surface area (Å²) < 4.78 is 25.4. The Labute approximate surface area is 167 Å². The second-order valence-electron chi connectivity index (χ2n) is 7.40. The SMILES string of the molecule is CN(C)S(=O)(=O)c1ccc(C(=O)NCc2ccccc2C[NH+]2CCCC2)cc1. The van der Waals surface area contributed by atoms with Crippen LogP contribution in [0.2, 0.25) is 0 Å². The van der Waals surface area contributed by atoms with Crippen molar-refractivity contribution in [3.63, 3.8) is 0 Å². The molecule has 0 spiro atoms. The van der Waals surface area contributed by atoms with E-state index in [0.717, 1.165) is 16.4 Å². The number of rotatable bonds is 7. The topological polar surface area (TPSA) is 70.9 Å². The molecule has 0 unspecified atom stereocenters. The van der Waals surface area contributed by atoms with Crippen LogP contribution in [0.4, 0.5) is 0 Å². The predicted molar refractivity (Wildman–Crippen MR) is 109 cm³/mol. The maximum atomic E-state index is 12.5. The van der Waals surface area contributed by atoms with Crippen LogP contribution in [0.5, 0.6) is 0 Å². The van der Waals surface area contributed by atoms with E-state index in [2.05, 4.69) is 17.4 Å². The molecule has 6 nitrogen and oxygen atoms in total. The molecule has 7 heteroatoms. The number of hydrogen-bond donors (Lipinski definition) is 2. The van der Waals surface area contributed by atoms with Gasteiger partial charge >= 0.3 is 0 Å². The van der Waals surface area contributed by atoms with Gasteiger partial charge in [-0.2, -0.15) is 0 Å². The molecule has 1 fully saturated rings. The van der Waals surface area contributed by atoms with Gasteiger partial charge in [-0.05, 0) is 29.8 Å². The van der Waals surface area contributed by atoms with E-state index in [9.17, 15) is 13.2 Å². The van der Waals surface area contributed by atoms with Crippen LogP contribution < -0.4 is 10.2 Å². The minimum atomic E-state index is -3.49. The summed E-state index contributed by atoms with van der Waals surface area (Å²) in [5, 5.41) is 2.95. The van der Waals surface area contributed by atoms with E-state index in [1.165, 1.54) is 57.7 Å². The van der Waals surface area contributed by atoms with Gasteiger partial charge in [0.2, 0.25) is 10.0 Å². The first-order valence-corrected chi connectivity index (χ1v) is 11.0. The number of carbonyl (C=O) groups excluding carboxylic acids is 1. The van der Waals surface area contributed by atoms with Gasteiger partial charge in [0.25, 0.3) is 5.91 Å². The van der Waals surface area contributed by atoms with E-state index < -0.39 is 10.0 Å². The van der Waals surface area contributed by atoms with Crippen LogP contribution in [-0.2, 0) is 23.1 Å². The largest absolute Gasteiger partial charge is 0.348 e. The van der Waals surface area contributed by atoms with Crippen LogP contribution in [0.25, 0.3) is 0 Å². The van der Waals surface area contributed by atoms with Crippen LogP contribution >= 0.6 is 0 Å². The highest BCUT2D eigenvalue weighted by Gasteiger charge is 2.19. The minimum Gasteiger partial charge on any atom is -0.348 e. The summed E-state index contributed by atoms with van der Waals surface area (Å²) in [6.07, 6.45) is 2.57. The molecule has 0 saturated carbocycles. The number of quaternary nitrogens is 1. The molecule has 1 heterocycles. The predicted octanol–water partition coefficient (Wildman–Crippen LogP) is 1.05. The fourth-order valence-corrected chi connectivity index (χ4v) is 4.39. The first-order valence-electron chi connectivity index (χ1n) is 9.59. The number of benzene rings is 2. The van der Waals surface area contributed by atoms with Crippen molar-refractivity contribution in [2.45, 2.75) is 30.8 Å². The highest BCUT2D eigenvalue weighted by atomic mass is 32.2. The summed E-state index contributed by atoms with van der Waals surface area (Å²) in [4.78, 5) is 14.3. The molecule has 3 rings (SSSR count). The average molecular weight is 403 g/mol. The summed E-state index contributed by atoms with van der Waals surface area (Å²) in [7, 11) is -0.526. The third-order valence-corrected chi connectivity index (χ3v) is 7.03. The number of nitrogens with zero attached hydrogens (tertiary/aromatic N) is 1. The quantitative estimate of drug-likeness (QED) is 0.727. The Morgan fingerprint density at radius 3 is 2.21 bits per heavy atom. The molecule has 0 radical (unpaired) electrons. The standard InChI is InChI=1S/C21H27N3O3S/c1-23(2)28(26,27)20-11-9-17(10-12-20)21(25)22-15-18-7-3-4-8-19(18)16-24-13-5-6-14-24/h3-4,7-12H,5-6,13-16H2,1-2H3,(H,22,25)/p+1. The van der Waals surface area contributed by atoms with Crippen molar-refractivity contribution < 1.29 is 18.1 Å². The molecule has 1 aliphatic rings. The number of nitrogens with one attached hydrogen (secondary N) is 2. The number of carbonyl (C=O) groups is 1. The monoisotopic (exact) mass is 402 g/mol. The van der Waals surface area contributed by atoms with E-state index in [-0.39, 0.29) is 10.8 Å². The van der Waals surface area contributed by atoms with Crippen LogP contribution in [-0.4, -0.2) is 45.8 Å². The smallest absolute Gasteiger partial charge is 0.251 e. The Bertz CT molecular complexity index is 918. The van der Waals surface area contributed by atoms with Crippen molar-refractivity contribution in [1.29, 1.82) is 0 Å². The highest BCUT2D eigenvalue weighted by Crippen LogP contribution is 2.14. The van der Waals surface area contributed by atoms with Crippen molar-refractivity contribution in [2.75, 3.05) is 27.2 Å². The van der Waals surface area contributed by atoms with Gasteiger partial charge in [-0.3, -0.25) is 4.79 Å². The van der Waals surface area contributed by atoms with Crippen LogP contribution in [0, 0.1) is 0 Å². The fraction of sp³-hybridized carbons (Fsp3) is 0.381. The normalized spacial score (nSPS) is 15.1. The third-order valence-electron chi connectivity index (χ3n) is 5.20. The van der Waals surface area contributed by atoms with Gasteiger partial charge in [0.1, 0.15) is 6.54 Å². The summed E-state index contributed by atoms with van der Waals surface area (Å²) in [5.74, 6) is -0.211. The maximum absolute atomic E-state index is 12.5. The molecule has 1 amide bonds. The van der Waals surface area contributed by atoms with E-state index in [1.54, 1.807) is 17.0 Å². The van der Waals surface area contributed by atoms with Gasteiger partial charge in [0, 0.05) is 44.6 Å². The first-order chi connectivity index (χ1) is 13.4. The first kappa shape index (κ1) is 20.5. The lowest BCUT2D eigenvalue weighted by Crippen LogP contribution is -3.08. The van der Waals surface area contributed by atoms with Gasteiger partial charge < -0.3 is 10.2 Å². The van der Waals surface area contributed by atoms with Crippen LogP contribution in [0.3, 0.4) is 0 Å². The Morgan fingerprint density at radius 2 is 1.61 bits per heavy atom. The zero-order chi connectivity index (χ0) is 20.1.